The Morgan fingerprint density at radius 2 is 0.969 bits per heavy atom. The average molecular weight is 1070 g/mol. The van der Waals surface area contributed by atoms with E-state index in [1.807, 2.05) is 110 Å². The molecule has 3 N–H and O–H groups in total. The minimum Gasteiger partial charge on any atom is -0.398 e. The van der Waals surface area contributed by atoms with Gasteiger partial charge in [0.25, 0.3) is 5.09 Å². The first kappa shape index (κ1) is 46.6. The summed E-state index contributed by atoms with van der Waals surface area (Å²) in [6, 6.07) is 45.4. The number of hydrogen-bond donors (Lipinski definition) is 2. The summed E-state index contributed by atoms with van der Waals surface area (Å²) in [5.41, 5.74) is 15.7. The van der Waals surface area contributed by atoms with E-state index in [4.69, 9.17) is 21.1 Å². The maximum atomic E-state index is 10.7. The fraction of sp³-hybridized carbons (Fsp3) is 0.0417. The van der Waals surface area contributed by atoms with Gasteiger partial charge in [-0.05, 0) is 104 Å². The Kier molecular flexibility index (Phi) is 16.0. The average Bonchev–Trinajstić information content (AvgIpc) is 3.31. The van der Waals surface area contributed by atoms with E-state index in [1.54, 1.807) is 24.7 Å². The summed E-state index contributed by atoms with van der Waals surface area (Å²) in [6.45, 7) is 2.01. The predicted molar refractivity (Wildman–Crippen MR) is 257 cm³/mol. The van der Waals surface area contributed by atoms with Crippen molar-refractivity contribution < 1.29 is 37.5 Å². The normalized spacial score (nSPS) is 10.4. The van der Waals surface area contributed by atoms with Gasteiger partial charge in [0.05, 0.1) is 44.3 Å². The topological polar surface area (TPSA) is 197 Å². The van der Waals surface area contributed by atoms with Crippen LogP contribution in [-0.4, -0.2) is 51.5 Å². The molecule has 11 rings (SSSR count). The zero-order valence-corrected chi connectivity index (χ0v) is 38.3. The van der Waals surface area contributed by atoms with Gasteiger partial charge in [0.1, 0.15) is 9.43 Å². The van der Waals surface area contributed by atoms with Crippen LogP contribution in [0.25, 0.3) is 76.3 Å². The quantitative estimate of drug-likeness (QED) is 0.0316. The number of pyridine rings is 7. The van der Waals surface area contributed by atoms with Crippen LogP contribution in [0, 0.1) is 17.0 Å². The molecule has 0 saturated carbocycles. The van der Waals surface area contributed by atoms with E-state index in [-0.39, 0.29) is 26.1 Å². The fourth-order valence-electron chi connectivity index (χ4n) is 6.66. The summed E-state index contributed by atoms with van der Waals surface area (Å²) < 4.78 is 0.0753. The minimum atomic E-state index is -1.50. The van der Waals surface area contributed by atoms with Crippen LogP contribution in [0.2, 0.25) is 0 Å². The molecular formula is C48H35AgBr2N9O4. The third-order valence-corrected chi connectivity index (χ3v) is 10.5. The molecule has 13 nitrogen and oxygen atoms in total. The van der Waals surface area contributed by atoms with Crippen LogP contribution in [0.4, 0.5) is 5.69 Å². The van der Waals surface area contributed by atoms with Crippen LogP contribution in [0.1, 0.15) is 25.6 Å². The second-order valence-corrected chi connectivity index (χ2v) is 16.7. The largest absolute Gasteiger partial charge is 0.398 e. The van der Waals surface area contributed by atoms with Crippen molar-refractivity contribution in [1.29, 1.82) is 0 Å². The summed E-state index contributed by atoms with van der Waals surface area (Å²) >= 11 is 6.94. The molecule has 1 radical (unpaired) electrons. The van der Waals surface area contributed by atoms with Gasteiger partial charge in [-0.25, -0.2) is 4.98 Å². The standard InChI is InChI=1S/C13H8Br2N2.C13H8N2O.C13H10N2.C9H8N2.Ag.HNO3/c14-13(15)11-6-4-8-3-5-10-9(12(8)17-11)2-1-7-16-10;16-8-10-5-3-9-4-6-12-11(13(9)15-10)2-1-7-14-12;1-9-4-5-10-6-7-12-11(13(10)15-9)3-2-8-14-12;10-8-4-1-5-9-7(8)3-2-6-11-9;;2-1(3)4/h1-7,13H;1-8H;2-8H,1H3;1-6H,10H2;;(H,2,3,4). The maximum absolute atomic E-state index is 10.7. The van der Waals surface area contributed by atoms with Crippen LogP contribution in [-0.2, 0) is 22.4 Å². The van der Waals surface area contributed by atoms with Gasteiger partial charge in [-0.15, -0.1) is 10.1 Å². The number of alkyl halides is 2. The number of benzene rings is 4. The second kappa shape index (κ2) is 22.0. The smallest absolute Gasteiger partial charge is 0.291 e. The first-order valence-electron chi connectivity index (χ1n) is 19.2. The van der Waals surface area contributed by atoms with Crippen LogP contribution >= 0.6 is 31.9 Å². The summed E-state index contributed by atoms with van der Waals surface area (Å²) in [5, 5.41) is 21.2. The van der Waals surface area contributed by atoms with E-state index in [2.05, 4.69) is 103 Å². The number of halogens is 2. The molecule has 0 atom stereocenters. The van der Waals surface area contributed by atoms with Gasteiger partial charge in [-0.3, -0.25) is 34.7 Å². The SMILES string of the molecule is BrC(Br)c1ccc2ccc3ncccc3c2n1.Cc1ccc2ccc3ncccc3c2n1.Nc1cccc2ncccc12.O=Cc1ccc2ccc3ncccc3c2n1.O=[N+]([O-])O.[Ag]. The predicted octanol–water partition coefficient (Wildman–Crippen LogP) is 11.7. The van der Waals surface area contributed by atoms with E-state index in [9.17, 15) is 4.79 Å². The number of carbonyl (C=O) groups is 1. The van der Waals surface area contributed by atoms with E-state index in [0.29, 0.717) is 5.69 Å². The zero-order chi connectivity index (χ0) is 44.3. The van der Waals surface area contributed by atoms with Gasteiger partial charge in [0.15, 0.2) is 6.29 Å². The van der Waals surface area contributed by atoms with Crippen LogP contribution in [0.3, 0.4) is 0 Å². The van der Waals surface area contributed by atoms with Crippen molar-refractivity contribution in [1.82, 2.24) is 34.9 Å². The number of carbonyl (C=O) groups excluding carboxylic acids is 1. The van der Waals surface area contributed by atoms with Gasteiger partial charge in [0, 0.05) is 96.3 Å². The molecule has 0 amide bonds. The van der Waals surface area contributed by atoms with Gasteiger partial charge < -0.3 is 10.9 Å². The molecule has 0 saturated heterocycles. The summed E-state index contributed by atoms with van der Waals surface area (Å²) in [5.74, 6) is 0. The summed E-state index contributed by atoms with van der Waals surface area (Å²) in [4.78, 5) is 49.7. The van der Waals surface area contributed by atoms with Crippen molar-refractivity contribution in [2.24, 2.45) is 0 Å². The Hall–Kier alpha value is -6.88. The van der Waals surface area contributed by atoms with Gasteiger partial charge >= 0.3 is 0 Å². The molecule has 7 heterocycles. The van der Waals surface area contributed by atoms with Crippen LogP contribution in [0.5, 0.6) is 0 Å². The molecule has 0 spiro atoms. The maximum Gasteiger partial charge on any atom is 0.291 e. The molecule has 64 heavy (non-hydrogen) atoms. The van der Waals surface area contributed by atoms with E-state index in [1.165, 1.54) is 5.39 Å². The van der Waals surface area contributed by atoms with E-state index >= 15 is 0 Å². The number of nitrogen functional groups attached to an aromatic ring is 1. The van der Waals surface area contributed by atoms with Crippen LogP contribution < -0.4 is 5.73 Å². The van der Waals surface area contributed by atoms with Crippen molar-refractivity contribution >= 4 is 120 Å². The molecule has 0 aliphatic rings. The van der Waals surface area contributed by atoms with Crippen molar-refractivity contribution in [2.45, 2.75) is 10.7 Å². The summed E-state index contributed by atoms with van der Waals surface area (Å²) in [6.07, 6.45) is 7.88. The zero-order valence-electron chi connectivity index (χ0n) is 33.6. The number of hydrogen-bond acceptors (Lipinski definition) is 11. The van der Waals surface area contributed by atoms with Gasteiger partial charge in [-0.1, -0.05) is 74.3 Å². The molecule has 0 fully saturated rings. The fourth-order valence-corrected chi connectivity index (χ4v) is 7.17. The monoisotopic (exact) mass is 1070 g/mol. The molecule has 0 bridgehead atoms. The number of rotatable bonds is 2. The number of fused-ring (bicyclic) bond motifs is 10. The third-order valence-electron chi connectivity index (χ3n) is 9.53. The molecule has 16 heteroatoms. The number of nitrogens with two attached hydrogens (primary N) is 1. The van der Waals surface area contributed by atoms with Gasteiger partial charge in [-0.2, -0.15) is 0 Å². The molecule has 7 aromatic heterocycles. The van der Waals surface area contributed by atoms with Crippen LogP contribution in [0.15, 0.2) is 164 Å². The first-order chi connectivity index (χ1) is 30.6. The number of anilines is 1. The summed E-state index contributed by atoms with van der Waals surface area (Å²) in [7, 11) is 0. The first-order valence-corrected chi connectivity index (χ1v) is 21.0. The third kappa shape index (κ3) is 11.4. The van der Waals surface area contributed by atoms with Gasteiger partial charge in [0.2, 0.25) is 0 Å². The number of aryl methyl sites for hydroxylation is 1. The minimum absolute atomic E-state index is 0. The Morgan fingerprint density at radius 1 is 0.562 bits per heavy atom. The molecule has 0 unspecified atom stereocenters. The molecule has 11 aromatic rings. The molecular weight excluding hydrogens is 1030 g/mol. The number of nitrogens with zero attached hydrogens (tertiary/aromatic N) is 8. The van der Waals surface area contributed by atoms with Crippen molar-refractivity contribution in [3.8, 4) is 0 Å². The number of aldehydes is 1. The molecule has 0 aliphatic carbocycles. The Labute approximate surface area is 397 Å². The number of aromatic nitrogens is 7. The second-order valence-electron chi connectivity index (χ2n) is 13.6. The Morgan fingerprint density at radius 3 is 1.44 bits per heavy atom. The van der Waals surface area contributed by atoms with Crippen molar-refractivity contribution in [3.63, 3.8) is 0 Å². The van der Waals surface area contributed by atoms with E-state index in [0.717, 1.165) is 94.3 Å². The van der Waals surface area contributed by atoms with Crippen molar-refractivity contribution in [2.75, 3.05) is 5.73 Å². The van der Waals surface area contributed by atoms with Crippen molar-refractivity contribution in [3.05, 3.63) is 192 Å². The Balaban J connectivity index is 0.000000138. The van der Waals surface area contributed by atoms with E-state index < -0.39 is 5.09 Å². The Bertz CT molecular complexity index is 3410. The molecule has 321 valence electrons. The molecule has 4 aromatic carbocycles. The molecule has 0 aliphatic heterocycles.